The maximum absolute atomic E-state index is 5.71. The van der Waals surface area contributed by atoms with E-state index in [9.17, 15) is 0 Å². The Morgan fingerprint density at radius 3 is 2.92 bits per heavy atom. The van der Waals surface area contributed by atoms with Crippen molar-refractivity contribution in [3.8, 4) is 10.6 Å². The number of furan rings is 1. The average molecular weight is 304 g/mol. The second-order valence-corrected chi connectivity index (χ2v) is 4.82. The van der Waals surface area contributed by atoms with E-state index in [0.717, 1.165) is 17.9 Å². The molecule has 0 fully saturated rings. The summed E-state index contributed by atoms with van der Waals surface area (Å²) in [7, 11) is 0. The van der Waals surface area contributed by atoms with Crippen LogP contribution in [0.3, 0.4) is 0 Å². The van der Waals surface area contributed by atoms with E-state index < -0.39 is 0 Å². The molecule has 0 aliphatic carbocycles. The van der Waals surface area contributed by atoms with Crippen LogP contribution >= 0.6 is 33.9 Å². The molecule has 2 aromatic rings. The van der Waals surface area contributed by atoms with Crippen molar-refractivity contribution in [3.63, 3.8) is 0 Å². The van der Waals surface area contributed by atoms with Crippen molar-refractivity contribution < 1.29 is 4.42 Å². The minimum atomic E-state index is 0.962. The highest BCUT2D eigenvalue weighted by Gasteiger charge is 2.08. The molecule has 0 N–H and O–H groups in total. The van der Waals surface area contributed by atoms with Gasteiger partial charge in [0, 0.05) is 6.42 Å². The molecule has 1 nitrogen and oxygen atoms in total. The molecule has 0 aliphatic heterocycles. The fraction of sp³-hybridized carbons (Fsp3) is 0.200. The highest BCUT2D eigenvalue weighted by Crippen LogP contribution is 2.29. The van der Waals surface area contributed by atoms with Gasteiger partial charge in [0.25, 0.3) is 0 Å². The molecule has 68 valence electrons. The summed E-state index contributed by atoms with van der Waals surface area (Å²) in [4.78, 5) is 1.21. The van der Waals surface area contributed by atoms with Gasteiger partial charge in [-0.15, -0.1) is 11.3 Å². The predicted octanol–water partition coefficient (Wildman–Crippen LogP) is 4.18. The first-order chi connectivity index (χ1) is 6.31. The zero-order chi connectivity index (χ0) is 9.26. The molecule has 0 spiro atoms. The minimum Gasteiger partial charge on any atom is -0.459 e. The number of thiophene rings is 1. The first-order valence-corrected chi connectivity index (χ1v) is 6.09. The van der Waals surface area contributed by atoms with Crippen LogP contribution in [0.4, 0.5) is 0 Å². The molecule has 0 bridgehead atoms. The van der Waals surface area contributed by atoms with Gasteiger partial charge in [-0.05, 0) is 40.1 Å². The molecule has 2 rings (SSSR count). The van der Waals surface area contributed by atoms with Gasteiger partial charge in [-0.2, -0.15) is 0 Å². The van der Waals surface area contributed by atoms with Crippen LogP contribution in [0, 0.1) is 3.57 Å². The molecule has 3 heteroatoms. The summed E-state index contributed by atoms with van der Waals surface area (Å²) < 4.78 is 6.94. The maximum atomic E-state index is 5.71. The Balaban J connectivity index is 2.43. The molecule has 0 unspecified atom stereocenters. The van der Waals surface area contributed by atoms with Crippen LogP contribution in [0.2, 0.25) is 0 Å². The standard InChI is InChI=1S/C10H9IOS/c1-2-8-7(11)6-9(12-8)10-4-3-5-13-10/h3-6H,2H2,1H3. The van der Waals surface area contributed by atoms with Gasteiger partial charge in [0.1, 0.15) is 11.5 Å². The second-order valence-electron chi connectivity index (χ2n) is 2.71. The molecule has 0 radical (unpaired) electrons. The molecule has 2 heterocycles. The summed E-state index contributed by atoms with van der Waals surface area (Å²) in [6, 6.07) is 6.23. The van der Waals surface area contributed by atoms with E-state index in [4.69, 9.17) is 4.42 Å². The third-order valence-corrected chi connectivity index (χ3v) is 3.64. The van der Waals surface area contributed by atoms with Crippen molar-refractivity contribution in [1.29, 1.82) is 0 Å². The largest absolute Gasteiger partial charge is 0.459 e. The normalized spacial score (nSPS) is 10.6. The third-order valence-electron chi connectivity index (χ3n) is 1.84. The van der Waals surface area contributed by atoms with Crippen LogP contribution in [0.15, 0.2) is 28.0 Å². The molecular formula is C10H9IOS. The lowest BCUT2D eigenvalue weighted by Crippen LogP contribution is -1.74. The number of aryl methyl sites for hydroxylation is 1. The SMILES string of the molecule is CCc1oc(-c2cccs2)cc1I. The van der Waals surface area contributed by atoms with E-state index in [-0.39, 0.29) is 0 Å². The van der Waals surface area contributed by atoms with Crippen LogP contribution < -0.4 is 0 Å². The fourth-order valence-corrected chi connectivity index (χ4v) is 2.64. The van der Waals surface area contributed by atoms with Gasteiger partial charge in [0.05, 0.1) is 8.45 Å². The van der Waals surface area contributed by atoms with E-state index in [0.29, 0.717) is 0 Å². The van der Waals surface area contributed by atoms with E-state index in [1.165, 1.54) is 8.45 Å². The van der Waals surface area contributed by atoms with Crippen molar-refractivity contribution >= 4 is 33.9 Å². The Morgan fingerprint density at radius 2 is 2.38 bits per heavy atom. The summed E-state index contributed by atoms with van der Waals surface area (Å²) >= 11 is 4.03. The molecule has 0 amide bonds. The van der Waals surface area contributed by atoms with Crippen LogP contribution in [0.1, 0.15) is 12.7 Å². The van der Waals surface area contributed by atoms with E-state index in [2.05, 4.69) is 47.0 Å². The van der Waals surface area contributed by atoms with Gasteiger partial charge in [-0.1, -0.05) is 13.0 Å². The molecule has 0 saturated carbocycles. The Hall–Kier alpha value is -0.290. The molecule has 13 heavy (non-hydrogen) atoms. The lowest BCUT2D eigenvalue weighted by Gasteiger charge is -1.89. The highest BCUT2D eigenvalue weighted by atomic mass is 127. The van der Waals surface area contributed by atoms with Gasteiger partial charge in [-0.25, -0.2) is 0 Å². The molecule has 0 aliphatic rings. The molecule has 0 aromatic carbocycles. The lowest BCUT2D eigenvalue weighted by molar-refractivity contribution is 0.528. The molecule has 0 atom stereocenters. The quantitative estimate of drug-likeness (QED) is 0.759. The number of hydrogen-bond donors (Lipinski definition) is 0. The number of rotatable bonds is 2. The minimum absolute atomic E-state index is 0.962. The Morgan fingerprint density at radius 1 is 1.54 bits per heavy atom. The lowest BCUT2D eigenvalue weighted by atomic mass is 10.3. The van der Waals surface area contributed by atoms with E-state index >= 15 is 0 Å². The van der Waals surface area contributed by atoms with Gasteiger partial charge in [0.2, 0.25) is 0 Å². The van der Waals surface area contributed by atoms with Gasteiger partial charge >= 0.3 is 0 Å². The third kappa shape index (κ3) is 1.81. The van der Waals surface area contributed by atoms with Gasteiger partial charge in [0.15, 0.2) is 0 Å². The summed E-state index contributed by atoms with van der Waals surface area (Å²) in [6.45, 7) is 2.11. The Labute approximate surface area is 94.9 Å². The van der Waals surface area contributed by atoms with Crippen LogP contribution in [-0.4, -0.2) is 0 Å². The summed E-state index contributed by atoms with van der Waals surface area (Å²) in [5.74, 6) is 2.08. The summed E-state index contributed by atoms with van der Waals surface area (Å²) in [6.07, 6.45) is 0.962. The van der Waals surface area contributed by atoms with Crippen LogP contribution in [0.25, 0.3) is 10.6 Å². The van der Waals surface area contributed by atoms with Crippen molar-refractivity contribution in [3.05, 3.63) is 32.9 Å². The smallest absolute Gasteiger partial charge is 0.145 e. The summed E-state index contributed by atoms with van der Waals surface area (Å²) in [5, 5.41) is 2.07. The number of hydrogen-bond acceptors (Lipinski definition) is 2. The van der Waals surface area contributed by atoms with Gasteiger partial charge < -0.3 is 4.42 Å². The van der Waals surface area contributed by atoms with Crippen molar-refractivity contribution in [2.75, 3.05) is 0 Å². The maximum Gasteiger partial charge on any atom is 0.145 e. The molecule has 2 aromatic heterocycles. The number of halogens is 1. The highest BCUT2D eigenvalue weighted by molar-refractivity contribution is 14.1. The van der Waals surface area contributed by atoms with E-state index in [1.807, 2.05) is 6.07 Å². The van der Waals surface area contributed by atoms with Crippen LogP contribution in [0.5, 0.6) is 0 Å². The molecular weight excluding hydrogens is 295 g/mol. The zero-order valence-electron chi connectivity index (χ0n) is 7.21. The monoisotopic (exact) mass is 304 g/mol. The van der Waals surface area contributed by atoms with E-state index in [1.54, 1.807) is 11.3 Å². The first-order valence-electron chi connectivity index (χ1n) is 4.13. The molecule has 0 saturated heterocycles. The Kier molecular flexibility index (Phi) is 2.74. The summed E-state index contributed by atoms with van der Waals surface area (Å²) in [5.41, 5.74) is 0. The first kappa shape index (κ1) is 9.27. The topological polar surface area (TPSA) is 13.1 Å². The fourth-order valence-electron chi connectivity index (χ4n) is 1.19. The second kappa shape index (κ2) is 3.84. The van der Waals surface area contributed by atoms with Crippen LogP contribution in [-0.2, 0) is 6.42 Å². The van der Waals surface area contributed by atoms with Crippen molar-refractivity contribution in [2.45, 2.75) is 13.3 Å². The van der Waals surface area contributed by atoms with Crippen molar-refractivity contribution in [2.24, 2.45) is 0 Å². The van der Waals surface area contributed by atoms with Gasteiger partial charge in [-0.3, -0.25) is 0 Å². The average Bonchev–Trinajstić information content (AvgIpc) is 2.71. The van der Waals surface area contributed by atoms with Crippen molar-refractivity contribution in [1.82, 2.24) is 0 Å². The Bertz CT molecular complexity index is 389. The zero-order valence-corrected chi connectivity index (χ0v) is 10.2. The predicted molar refractivity (Wildman–Crippen MR) is 64.1 cm³/mol.